The van der Waals surface area contributed by atoms with E-state index in [-0.39, 0.29) is 24.9 Å². The number of nitrogen functional groups attached to an aromatic ring is 1. The van der Waals surface area contributed by atoms with E-state index in [4.69, 9.17) is 30.2 Å². The summed E-state index contributed by atoms with van der Waals surface area (Å²) >= 11 is 1.51. The molecule has 60 heavy (non-hydrogen) atoms. The summed E-state index contributed by atoms with van der Waals surface area (Å²) in [6, 6.07) is 2.60. The minimum atomic E-state index is -1.14. The van der Waals surface area contributed by atoms with Crippen LogP contribution in [0.15, 0.2) is 29.0 Å². The number of hydrogen-bond acceptors (Lipinski definition) is 15. The average Bonchev–Trinajstić information content (AvgIpc) is 3.91. The highest BCUT2D eigenvalue weighted by Gasteiger charge is 2.45. The van der Waals surface area contributed by atoms with Crippen LogP contribution < -0.4 is 15.4 Å². The number of carboxylic acid groups (broad SMARTS) is 1. The third-order valence-electron chi connectivity index (χ3n) is 12.3. The number of likely N-dealkylation sites (tertiary alicyclic amines) is 1. The van der Waals surface area contributed by atoms with E-state index in [0.717, 1.165) is 98.5 Å². The second kappa shape index (κ2) is 18.2. The van der Waals surface area contributed by atoms with Gasteiger partial charge in [0.2, 0.25) is 11.9 Å². The molecule has 1 aliphatic carbocycles. The molecule has 7 rings (SSSR count). The van der Waals surface area contributed by atoms with Crippen LogP contribution in [-0.2, 0) is 26.2 Å². The van der Waals surface area contributed by atoms with Crippen LogP contribution >= 0.6 is 11.3 Å². The Morgan fingerprint density at radius 3 is 2.78 bits per heavy atom. The van der Waals surface area contributed by atoms with Crippen molar-refractivity contribution in [2.24, 2.45) is 10.9 Å². The van der Waals surface area contributed by atoms with Gasteiger partial charge in [-0.2, -0.15) is 5.26 Å². The number of aromatic nitrogens is 5. The number of carboxylic acids is 1. The van der Waals surface area contributed by atoms with Crippen LogP contribution in [0.3, 0.4) is 0 Å². The Morgan fingerprint density at radius 2 is 2.03 bits per heavy atom. The van der Waals surface area contributed by atoms with E-state index in [1.165, 1.54) is 20.9 Å². The first-order valence-electron chi connectivity index (χ1n) is 21.2. The van der Waals surface area contributed by atoms with E-state index in [1.54, 1.807) is 6.20 Å². The number of nitriles is 1. The summed E-state index contributed by atoms with van der Waals surface area (Å²) in [7, 11) is 0. The molecule has 4 aliphatic rings. The van der Waals surface area contributed by atoms with Crippen molar-refractivity contribution in [2.75, 3.05) is 56.6 Å². The van der Waals surface area contributed by atoms with Gasteiger partial charge in [-0.1, -0.05) is 31.1 Å². The predicted molar refractivity (Wildman–Crippen MR) is 227 cm³/mol. The van der Waals surface area contributed by atoms with E-state index < -0.39 is 35.5 Å². The molecular weight excluding hydrogens is 787 g/mol. The number of thiophene rings is 1. The number of amides is 1. The average molecular weight is 844 g/mol. The Hall–Kier alpha value is -5.12. The summed E-state index contributed by atoms with van der Waals surface area (Å²) in [5.74, 6) is -0.154. The van der Waals surface area contributed by atoms with Gasteiger partial charge in [-0.25, -0.2) is 24.4 Å². The maximum Gasteiger partial charge on any atom is 0.326 e. The highest BCUT2D eigenvalue weighted by molar-refractivity contribution is 7.16. The molecule has 2 fully saturated rings. The number of carbonyl (C=O) groups excluding carboxylic acids is 1. The number of aryl methyl sites for hydroxylation is 1. The third kappa shape index (κ3) is 8.70. The van der Waals surface area contributed by atoms with E-state index in [1.807, 2.05) is 26.1 Å². The normalized spacial score (nSPS) is 24.1. The molecule has 322 valence electrons. The van der Waals surface area contributed by atoms with Crippen molar-refractivity contribution in [1.29, 1.82) is 5.26 Å². The van der Waals surface area contributed by atoms with Crippen molar-refractivity contribution in [3.05, 3.63) is 45.7 Å². The molecule has 2 saturated heterocycles. The van der Waals surface area contributed by atoms with Crippen molar-refractivity contribution in [1.82, 2.24) is 34.8 Å². The molecular formula is C42H57N11O6S. The molecule has 6 heterocycles. The minimum Gasteiger partial charge on any atom is -0.480 e. The maximum absolute atomic E-state index is 13.5. The number of aliphatic hydroxyl groups excluding tert-OH is 1. The van der Waals surface area contributed by atoms with Crippen LogP contribution in [0, 0.1) is 17.2 Å². The van der Waals surface area contributed by atoms with Gasteiger partial charge < -0.3 is 40.1 Å². The highest BCUT2D eigenvalue weighted by Crippen LogP contribution is 2.47. The van der Waals surface area contributed by atoms with Gasteiger partial charge in [0.05, 0.1) is 41.3 Å². The zero-order valence-corrected chi connectivity index (χ0v) is 36.0. The quantitative estimate of drug-likeness (QED) is 0.191. The SMILES string of the molecule is CCC1=C(c2ccnc(N3CCCN(CCCCOc4cn([C@H](C(=O)N5C[C@H](O)C[C@H]5C(=O)O)C(C)C)nn4)C[C@@H]3C)n2)N=C([C@@]2(C)CCCc3sc(N)c(C#N)c32)OC1. The molecule has 3 aromatic heterocycles. The Balaban J connectivity index is 0.944. The predicted octanol–water partition coefficient (Wildman–Crippen LogP) is 4.43. The van der Waals surface area contributed by atoms with Gasteiger partial charge in [0.15, 0.2) is 5.90 Å². The lowest BCUT2D eigenvalue weighted by Crippen LogP contribution is -2.45. The lowest BCUT2D eigenvalue weighted by molar-refractivity contribution is -0.150. The van der Waals surface area contributed by atoms with Crippen molar-refractivity contribution >= 4 is 45.8 Å². The second-order valence-electron chi connectivity index (χ2n) is 16.9. The first kappa shape index (κ1) is 43.0. The zero-order chi connectivity index (χ0) is 42.7. The standard InChI is InChI=1S/C42H57N11O6S/c1-6-27-24-59-40(42(5)13-9-11-32-34(42)29(20-43)37(44)60-32)47-35(27)30-12-14-45-41(46-30)51-17-10-16-50(21-26(51)4)15-7-8-18-58-33-23-53(49-48-33)36(25(2)3)38(55)52-22-28(54)19-31(52)39(56)57/h12,14,23,25-26,28,31,36,54H,6-11,13,15-19,21-22,24,44H2,1-5H3,(H,56,57)/t26-,28+,31-,36-,42-/m0/s1. The molecule has 0 radical (unpaired) electrons. The molecule has 0 saturated carbocycles. The maximum atomic E-state index is 13.5. The molecule has 1 amide bonds. The number of nitrogens with zero attached hydrogens (tertiary/aromatic N) is 10. The molecule has 17 nitrogen and oxygen atoms in total. The fourth-order valence-corrected chi connectivity index (χ4v) is 10.3. The van der Waals surface area contributed by atoms with Crippen molar-refractivity contribution < 1.29 is 29.3 Å². The first-order valence-corrected chi connectivity index (χ1v) is 22.0. The summed E-state index contributed by atoms with van der Waals surface area (Å²) in [4.78, 5) is 47.4. The monoisotopic (exact) mass is 843 g/mol. The molecule has 18 heteroatoms. The van der Waals surface area contributed by atoms with Crippen LogP contribution in [0.25, 0.3) is 5.70 Å². The van der Waals surface area contributed by atoms with Gasteiger partial charge >= 0.3 is 5.97 Å². The highest BCUT2D eigenvalue weighted by atomic mass is 32.1. The van der Waals surface area contributed by atoms with Gasteiger partial charge in [-0.3, -0.25) is 4.79 Å². The first-order chi connectivity index (χ1) is 28.8. The fourth-order valence-electron chi connectivity index (χ4n) is 9.15. The summed E-state index contributed by atoms with van der Waals surface area (Å²) < 4.78 is 13.8. The van der Waals surface area contributed by atoms with Crippen molar-refractivity contribution in [3.63, 3.8) is 0 Å². The topological polar surface area (TPSA) is 221 Å². The number of β-amino-alcohol motifs (C(OH)–C–C–N with tert-alkyl or cyclic N) is 1. The van der Waals surface area contributed by atoms with Crippen LogP contribution in [0.4, 0.5) is 10.9 Å². The molecule has 3 aromatic rings. The largest absolute Gasteiger partial charge is 0.480 e. The second-order valence-corrected chi connectivity index (χ2v) is 18.0. The molecule has 0 bridgehead atoms. The number of fused-ring (bicyclic) bond motifs is 1. The number of anilines is 2. The van der Waals surface area contributed by atoms with Crippen LogP contribution in [0.1, 0.15) is 107 Å². The van der Waals surface area contributed by atoms with Crippen LogP contribution in [0.2, 0.25) is 0 Å². The van der Waals surface area contributed by atoms with Gasteiger partial charge in [0.1, 0.15) is 29.8 Å². The van der Waals surface area contributed by atoms with Crippen molar-refractivity contribution in [3.8, 4) is 11.9 Å². The Labute approximate surface area is 354 Å². The van der Waals surface area contributed by atoms with E-state index >= 15 is 0 Å². The van der Waals surface area contributed by atoms with Crippen LogP contribution in [-0.4, -0.2) is 127 Å². The number of aliphatic hydroxyl groups is 1. The van der Waals surface area contributed by atoms with Gasteiger partial charge in [-0.15, -0.1) is 11.3 Å². The van der Waals surface area contributed by atoms with Gasteiger partial charge in [-0.05, 0) is 89.4 Å². The molecule has 4 N–H and O–H groups in total. The number of aliphatic imine (C=N–C) groups is 1. The summed E-state index contributed by atoms with van der Waals surface area (Å²) in [5.41, 5.74) is 9.92. The number of nitrogens with two attached hydrogens (primary N) is 1. The molecule has 0 unspecified atom stereocenters. The molecule has 5 atom stereocenters. The van der Waals surface area contributed by atoms with Crippen LogP contribution in [0.5, 0.6) is 5.88 Å². The lowest BCUT2D eigenvalue weighted by Gasteiger charge is -2.36. The lowest BCUT2D eigenvalue weighted by atomic mass is 9.72. The summed E-state index contributed by atoms with van der Waals surface area (Å²) in [6.45, 7) is 14.5. The van der Waals surface area contributed by atoms with Crippen molar-refractivity contribution in [2.45, 2.75) is 116 Å². The zero-order valence-electron chi connectivity index (χ0n) is 35.2. The van der Waals surface area contributed by atoms with Gasteiger partial charge in [0, 0.05) is 48.7 Å². The molecule has 0 aromatic carbocycles. The Bertz CT molecular complexity index is 2160. The van der Waals surface area contributed by atoms with E-state index in [2.05, 4.69) is 47.0 Å². The fraction of sp³-hybridized carbons (Fsp3) is 0.619. The third-order valence-corrected chi connectivity index (χ3v) is 13.4. The number of unbranched alkanes of at least 4 members (excludes halogenated alkanes) is 1. The summed E-state index contributed by atoms with van der Waals surface area (Å²) in [5, 5.41) is 38.6. The molecule has 0 spiro atoms. The number of aliphatic carboxylic acids is 1. The van der Waals surface area contributed by atoms with Gasteiger partial charge in [0.25, 0.3) is 5.88 Å². The minimum absolute atomic E-state index is 0.00172. The Kier molecular flexibility index (Phi) is 13.1. The number of carbonyl (C=O) groups is 2. The number of ether oxygens (including phenoxy) is 2. The van der Waals surface area contributed by atoms with E-state index in [9.17, 15) is 25.1 Å². The number of hydrogen-bond donors (Lipinski definition) is 3. The smallest absolute Gasteiger partial charge is 0.326 e. The summed E-state index contributed by atoms with van der Waals surface area (Å²) in [6.07, 6.45) is 8.64. The van der Waals surface area contributed by atoms with E-state index in [0.29, 0.717) is 41.5 Å². The Morgan fingerprint density at radius 1 is 1.22 bits per heavy atom. The molecule has 3 aliphatic heterocycles. The number of rotatable bonds is 14.